The molecule has 4 aliphatic rings. The van der Waals surface area contributed by atoms with Crippen LogP contribution in [-0.2, 0) is 105 Å². The molecule has 3 saturated heterocycles. The first-order chi connectivity index (χ1) is 48.3. The number of nitrogens with zero attached hydrogens (tertiary/aromatic N) is 4. The lowest BCUT2D eigenvalue weighted by atomic mass is 9.83. The number of benzene rings is 2. The van der Waals surface area contributed by atoms with Crippen LogP contribution in [0.25, 0.3) is 10.9 Å². The fourth-order valence-electron chi connectivity index (χ4n) is 12.6. The minimum atomic E-state index is -1.92. The highest BCUT2D eigenvalue weighted by atomic mass is 35.5. The number of aryl methyl sites for hydroxylation is 1. The van der Waals surface area contributed by atoms with Gasteiger partial charge in [-0.2, -0.15) is 0 Å². The Bertz CT molecular complexity index is 3570. The van der Waals surface area contributed by atoms with Crippen LogP contribution in [0.4, 0.5) is 10.5 Å². The van der Waals surface area contributed by atoms with Gasteiger partial charge in [0.15, 0.2) is 24.2 Å². The van der Waals surface area contributed by atoms with E-state index in [2.05, 4.69) is 32.0 Å². The Morgan fingerprint density at radius 3 is 2.27 bits per heavy atom. The molecule has 0 radical (unpaired) electrons. The molecular weight excluding hydrogens is 1360 g/mol. The molecular formula is C69H97ClN10O22. The molecule has 32 nitrogen and oxygen atoms in total. The van der Waals surface area contributed by atoms with Crippen LogP contribution >= 0.6 is 11.6 Å². The van der Waals surface area contributed by atoms with Gasteiger partial charge in [-0.25, -0.2) is 14.6 Å². The Labute approximate surface area is 596 Å². The molecule has 4 bridgehead atoms. The number of ether oxygens (including phenoxy) is 10. The van der Waals surface area contributed by atoms with Crippen molar-refractivity contribution >= 4 is 87.6 Å². The van der Waals surface area contributed by atoms with E-state index in [0.717, 1.165) is 48.5 Å². The van der Waals surface area contributed by atoms with Crippen molar-refractivity contribution in [1.29, 1.82) is 0 Å². The van der Waals surface area contributed by atoms with Crippen molar-refractivity contribution in [3.63, 3.8) is 0 Å². The SMILES string of the molecule is CNN(C)Cc1cc2ccccc2n1CCC(=O)N[C@@H](CC(=O)N[C@@H]1O[C@H](CO)[C@@H](OC(C)=O)[C@H](OC(C)=O)[C@H]1NC(C)=O)C(=O)NCCOCCOCCC(=O)N(C)[C@@H](C)C(=O)O[C@H]1CC(=O)N(C)c2cc(cc(OC)c2Cl)C/C(C)=C/C=C/[C@@H](OC)[C@]2(O)C[C@H](OC(=O)N2)[C@@H](C)C2O[C@]21C. The third-order valence-corrected chi connectivity index (χ3v) is 18.7. The number of amides is 7. The normalized spacial score (nSPS) is 26.5. The third kappa shape index (κ3) is 21.2. The number of halogens is 1. The summed E-state index contributed by atoms with van der Waals surface area (Å²) in [5.74, 6) is -6.81. The number of aliphatic hydroxyl groups is 2. The highest BCUT2D eigenvalue weighted by Gasteiger charge is 2.65. The van der Waals surface area contributed by atoms with Crippen LogP contribution in [0.1, 0.15) is 91.8 Å². The van der Waals surface area contributed by atoms with Crippen LogP contribution < -0.4 is 41.6 Å². The average molecular weight is 1450 g/mol. The monoisotopic (exact) mass is 1450 g/mol. The molecule has 1 aromatic heterocycles. The Balaban J connectivity index is 0.954. The van der Waals surface area contributed by atoms with Gasteiger partial charge in [-0.3, -0.25) is 49.1 Å². The van der Waals surface area contributed by atoms with E-state index < -0.39 is 163 Å². The van der Waals surface area contributed by atoms with Gasteiger partial charge >= 0.3 is 24.0 Å². The van der Waals surface area contributed by atoms with E-state index in [4.69, 9.17) is 59.0 Å². The molecule has 7 amide bonds. The van der Waals surface area contributed by atoms with E-state index in [1.165, 1.54) is 45.0 Å². The number of likely N-dealkylation sites (N-methyl/N-ethyl adjacent to an activating group) is 1. The maximum atomic E-state index is 14.5. The predicted octanol–water partition coefficient (Wildman–Crippen LogP) is 1.74. The van der Waals surface area contributed by atoms with E-state index in [-0.39, 0.29) is 63.8 Å². The standard InChI is InChI=1S/C69H97ClN10O22/c1-38-17-16-20-53(94-13)69(92)35-51(100-67(91)76-69)39(2)63-68(7,102-63)54(34-58(88)79(11)49-30-44(29-38)31-50(93-12)59(49)70)101-66(90)40(3)78(10)57(87)22-25-95-27-28-96-26-23-72-64(89)47(74-55(85)21-24-80-46(36-77(9)71-8)32-45-18-14-15-19-48(45)80)33-56(86)75-65-60(73-41(4)82)62(98-43(6)84)61(97-42(5)83)52(37-81)99-65/h14-20,30-32,39-40,47,51-54,60-63,65,71,81,92H,21-29,33-37H2,1-13H3,(H,72,89)(H,73,82)(H,74,85)(H,75,86)(H,76,91)/b20-16+,38-17+/t39-,40+,47+,51+,52-,53-,54+,60-,61-,62-,63?,65-,68+,69-/m1/s1. The van der Waals surface area contributed by atoms with Crippen LogP contribution in [0.15, 0.2) is 66.3 Å². The lowest BCUT2D eigenvalue weighted by molar-refractivity contribution is -0.225. The van der Waals surface area contributed by atoms with Gasteiger partial charge < -0.3 is 93.2 Å². The molecule has 0 aliphatic carbocycles. The van der Waals surface area contributed by atoms with Crippen molar-refractivity contribution in [2.75, 3.05) is 86.9 Å². The first-order valence-corrected chi connectivity index (χ1v) is 33.9. The molecule has 0 spiro atoms. The topological polar surface area (TPSA) is 394 Å². The number of carbonyl (C=O) groups excluding carboxylic acids is 10. The van der Waals surface area contributed by atoms with Gasteiger partial charge in [-0.15, -0.1) is 0 Å². The van der Waals surface area contributed by atoms with Crippen molar-refractivity contribution in [3.05, 3.63) is 82.5 Å². The number of rotatable bonds is 29. The number of methoxy groups -OCH3 is 2. The van der Waals surface area contributed by atoms with Crippen molar-refractivity contribution in [2.24, 2.45) is 5.92 Å². The van der Waals surface area contributed by atoms with E-state index >= 15 is 0 Å². The second kappa shape index (κ2) is 36.7. The zero-order valence-corrected chi connectivity index (χ0v) is 60.6. The van der Waals surface area contributed by atoms with Crippen LogP contribution in [-0.4, -0.2) is 245 Å². The van der Waals surface area contributed by atoms with Gasteiger partial charge in [0.05, 0.1) is 77.7 Å². The highest BCUT2D eigenvalue weighted by molar-refractivity contribution is 6.35. The lowest BCUT2D eigenvalue weighted by Crippen LogP contribution is -2.69. The Morgan fingerprint density at radius 1 is 0.912 bits per heavy atom. The number of carbonyl (C=O) groups is 10. The Kier molecular flexibility index (Phi) is 29.2. The zero-order valence-electron chi connectivity index (χ0n) is 59.8. The van der Waals surface area contributed by atoms with Crippen molar-refractivity contribution in [1.82, 2.24) is 46.5 Å². The van der Waals surface area contributed by atoms with Gasteiger partial charge in [-0.1, -0.05) is 60.5 Å². The summed E-state index contributed by atoms with van der Waals surface area (Å²) >= 11 is 6.85. The number of nitrogens with one attached hydrogen (secondary N) is 6. The number of alkyl carbamates (subject to hydrolysis) is 1. The number of hydrazine groups is 1. The molecule has 562 valence electrons. The molecule has 4 aliphatic heterocycles. The van der Waals surface area contributed by atoms with Crippen LogP contribution in [0, 0.1) is 5.92 Å². The maximum Gasteiger partial charge on any atom is 0.409 e. The number of fused-ring (bicyclic) bond motifs is 6. The molecule has 5 heterocycles. The predicted molar refractivity (Wildman–Crippen MR) is 366 cm³/mol. The number of anilines is 1. The highest BCUT2D eigenvalue weighted by Crippen LogP contribution is 2.49. The second-order valence-electron chi connectivity index (χ2n) is 25.9. The molecule has 14 atom stereocenters. The van der Waals surface area contributed by atoms with Crippen LogP contribution in [0.3, 0.4) is 0 Å². The summed E-state index contributed by atoms with van der Waals surface area (Å²) in [6.45, 7) is 9.63. The van der Waals surface area contributed by atoms with Crippen molar-refractivity contribution < 1.29 is 106 Å². The number of para-hydroxylation sites is 1. The largest absolute Gasteiger partial charge is 0.495 e. The average Bonchev–Trinajstić information content (AvgIpc) is 1.56. The summed E-state index contributed by atoms with van der Waals surface area (Å²) in [5.41, 5.74) is 3.48. The van der Waals surface area contributed by atoms with Gasteiger partial charge in [0.25, 0.3) is 0 Å². The first kappa shape index (κ1) is 81.0. The molecule has 0 saturated carbocycles. The summed E-state index contributed by atoms with van der Waals surface area (Å²) in [6, 6.07) is 9.06. The summed E-state index contributed by atoms with van der Waals surface area (Å²) in [7, 11) is 9.42. The first-order valence-electron chi connectivity index (χ1n) is 33.6. The van der Waals surface area contributed by atoms with Crippen LogP contribution in [0.2, 0.25) is 5.02 Å². The minimum absolute atomic E-state index is 0.00633. The number of esters is 3. The van der Waals surface area contributed by atoms with E-state index in [1.54, 1.807) is 45.2 Å². The number of aromatic nitrogens is 1. The van der Waals surface area contributed by atoms with Gasteiger partial charge in [-0.05, 0) is 69.5 Å². The molecule has 3 fully saturated rings. The number of hydrogen-bond donors (Lipinski definition) is 8. The zero-order chi connectivity index (χ0) is 74.9. The van der Waals surface area contributed by atoms with Gasteiger partial charge in [0.2, 0.25) is 35.4 Å². The molecule has 2 aromatic carbocycles. The lowest BCUT2D eigenvalue weighted by Gasteiger charge is -2.45. The van der Waals surface area contributed by atoms with Crippen molar-refractivity contribution in [2.45, 2.75) is 178 Å². The molecule has 7 rings (SSSR count). The smallest absolute Gasteiger partial charge is 0.409 e. The molecule has 102 heavy (non-hydrogen) atoms. The third-order valence-electron chi connectivity index (χ3n) is 18.3. The quantitative estimate of drug-likeness (QED) is 0.0161. The number of hydrogen-bond acceptors (Lipinski definition) is 24. The Hall–Kier alpha value is -8.31. The number of allylic oxidation sites excluding steroid dienone is 3. The van der Waals surface area contributed by atoms with Gasteiger partial charge in [0, 0.05) is 92.1 Å². The Morgan fingerprint density at radius 2 is 1.61 bits per heavy atom. The second-order valence-corrected chi connectivity index (χ2v) is 26.3. The fourth-order valence-corrected chi connectivity index (χ4v) is 12.9. The summed E-state index contributed by atoms with van der Waals surface area (Å²) in [4.78, 5) is 137. The van der Waals surface area contributed by atoms with Gasteiger partial charge in [0.1, 0.15) is 58.9 Å². The maximum absolute atomic E-state index is 14.5. The minimum Gasteiger partial charge on any atom is -0.495 e. The molecule has 1 unspecified atom stereocenters. The molecule has 3 aromatic rings. The molecule has 33 heteroatoms. The molecule has 8 N–H and O–H groups in total. The fraction of sp³-hybridized carbons (Fsp3) is 0.594. The van der Waals surface area contributed by atoms with E-state index in [1.807, 2.05) is 60.0 Å². The number of epoxide rings is 1. The van der Waals surface area contributed by atoms with E-state index in [0.29, 0.717) is 24.4 Å². The summed E-state index contributed by atoms with van der Waals surface area (Å²) in [5, 5.41) is 38.2. The summed E-state index contributed by atoms with van der Waals surface area (Å²) < 4.78 is 59.7. The van der Waals surface area contributed by atoms with Crippen LogP contribution in [0.5, 0.6) is 5.75 Å². The summed E-state index contributed by atoms with van der Waals surface area (Å²) in [6.07, 6.45) is -6.74. The van der Waals surface area contributed by atoms with Crippen molar-refractivity contribution in [3.8, 4) is 5.75 Å². The van der Waals surface area contributed by atoms with E-state index in [9.17, 15) is 58.2 Å². The number of aliphatic hydroxyl groups excluding tert-OH is 1.